The molecule has 7 heavy (non-hydrogen) atoms. The Labute approximate surface area is 51.2 Å². The van der Waals surface area contributed by atoms with Crippen molar-refractivity contribution in [2.45, 2.75) is 6.92 Å². The molecule has 0 aliphatic heterocycles. The van der Waals surface area contributed by atoms with Gasteiger partial charge in [0, 0.05) is 5.69 Å². The van der Waals surface area contributed by atoms with Crippen LogP contribution < -0.4 is 0 Å². The van der Waals surface area contributed by atoms with Crippen molar-refractivity contribution in [1.29, 1.82) is 0 Å². The van der Waals surface area contributed by atoms with E-state index in [2.05, 4.69) is 4.37 Å². The van der Waals surface area contributed by atoms with Gasteiger partial charge in [-0.05, 0) is 13.0 Å². The van der Waals surface area contributed by atoms with Gasteiger partial charge in [-0.25, -0.2) is 0 Å². The average Bonchev–Trinajstić information content (AvgIpc) is 1.87. The van der Waals surface area contributed by atoms with Crippen LogP contribution in [0.3, 0.4) is 0 Å². The van der Waals surface area contributed by atoms with Crippen LogP contribution in [0.4, 0.5) is 0 Å². The van der Waals surface area contributed by atoms with Gasteiger partial charge in [0.05, 0.1) is 0 Å². The predicted octanol–water partition coefficient (Wildman–Crippen LogP) is 2.11. The summed E-state index contributed by atoms with van der Waals surface area (Å²) in [5.41, 5.74) is 1.15. The minimum absolute atomic E-state index is 0.928. The Morgan fingerprint density at radius 2 is 2.57 bits per heavy atom. The zero-order valence-corrected chi connectivity index (χ0v) is 5.53. The third-order valence-corrected chi connectivity index (χ3v) is 1.76. The van der Waals surface area contributed by atoms with E-state index in [0.29, 0.717) is 0 Å². The summed E-state index contributed by atoms with van der Waals surface area (Å²) in [5.74, 6) is 0. The van der Waals surface area contributed by atoms with Gasteiger partial charge in [-0.1, -0.05) is 23.8 Å². The fraction of sp³-hybridized carbons (Fsp3) is 0.250. The Balaban J connectivity index is 3.30. The van der Waals surface area contributed by atoms with Crippen molar-refractivity contribution < 1.29 is 0 Å². The second-order valence-corrected chi connectivity index (χ2v) is 2.90. The van der Waals surface area contributed by atoms with Gasteiger partial charge in [0.1, 0.15) is 3.82 Å². The molecule has 0 atom stereocenters. The van der Waals surface area contributed by atoms with Crippen LogP contribution in [0, 0.1) is 10.7 Å². The van der Waals surface area contributed by atoms with E-state index in [1.165, 1.54) is 11.5 Å². The third kappa shape index (κ3) is 1.11. The Bertz CT molecular complexity index is 197. The van der Waals surface area contributed by atoms with Gasteiger partial charge in [-0.15, -0.1) is 0 Å². The number of aromatic nitrogens is 1. The SMILES string of the molecule is Cc1cc(=S)s[nH]1. The van der Waals surface area contributed by atoms with Crippen LogP contribution in [0.2, 0.25) is 0 Å². The summed E-state index contributed by atoms with van der Waals surface area (Å²) in [6.45, 7) is 1.99. The van der Waals surface area contributed by atoms with Crippen LogP contribution >= 0.6 is 23.8 Å². The van der Waals surface area contributed by atoms with E-state index in [4.69, 9.17) is 12.2 Å². The molecule has 0 radical (unpaired) electrons. The highest BCUT2D eigenvalue weighted by Crippen LogP contribution is 2.00. The molecule has 0 aliphatic carbocycles. The number of H-pyrrole nitrogens is 1. The Morgan fingerprint density at radius 3 is 2.71 bits per heavy atom. The van der Waals surface area contributed by atoms with Crippen LogP contribution in [-0.2, 0) is 0 Å². The Hall–Kier alpha value is -0.150. The summed E-state index contributed by atoms with van der Waals surface area (Å²) < 4.78 is 3.93. The highest BCUT2D eigenvalue weighted by atomic mass is 32.2. The Morgan fingerprint density at radius 1 is 1.86 bits per heavy atom. The van der Waals surface area contributed by atoms with Crippen LogP contribution in [-0.4, -0.2) is 4.37 Å². The van der Waals surface area contributed by atoms with E-state index in [9.17, 15) is 0 Å². The van der Waals surface area contributed by atoms with E-state index in [0.717, 1.165) is 9.52 Å². The fourth-order valence-electron chi connectivity index (χ4n) is 0.366. The summed E-state index contributed by atoms with van der Waals surface area (Å²) in [4.78, 5) is 0. The van der Waals surface area contributed by atoms with Crippen LogP contribution in [0.25, 0.3) is 0 Å². The van der Waals surface area contributed by atoms with Crippen molar-refractivity contribution in [3.63, 3.8) is 0 Å². The predicted molar refractivity (Wildman–Crippen MR) is 34.2 cm³/mol. The molecule has 0 saturated heterocycles. The van der Waals surface area contributed by atoms with E-state index >= 15 is 0 Å². The smallest absolute Gasteiger partial charge is 0.109 e. The molecule has 0 fully saturated rings. The van der Waals surface area contributed by atoms with E-state index in [1.807, 2.05) is 13.0 Å². The average molecular weight is 131 g/mol. The van der Waals surface area contributed by atoms with Gasteiger partial charge in [0.15, 0.2) is 0 Å². The van der Waals surface area contributed by atoms with Gasteiger partial charge in [-0.2, -0.15) is 0 Å². The number of hydrogen-bond donors (Lipinski definition) is 1. The van der Waals surface area contributed by atoms with Crippen molar-refractivity contribution in [2.24, 2.45) is 0 Å². The highest BCUT2D eigenvalue weighted by Gasteiger charge is 1.80. The number of aromatic amines is 1. The lowest BCUT2D eigenvalue weighted by atomic mass is 10.5. The monoisotopic (exact) mass is 131 g/mol. The largest absolute Gasteiger partial charge is 0.314 e. The number of hydrogen-bond acceptors (Lipinski definition) is 2. The molecule has 0 aliphatic rings. The van der Waals surface area contributed by atoms with Crippen molar-refractivity contribution in [3.8, 4) is 0 Å². The van der Waals surface area contributed by atoms with Crippen molar-refractivity contribution in [1.82, 2.24) is 4.37 Å². The highest BCUT2D eigenvalue weighted by molar-refractivity contribution is 7.73. The lowest BCUT2D eigenvalue weighted by molar-refractivity contribution is 1.35. The third-order valence-electron chi connectivity index (χ3n) is 0.647. The van der Waals surface area contributed by atoms with Gasteiger partial charge in [0.2, 0.25) is 0 Å². The maximum Gasteiger partial charge on any atom is 0.109 e. The first-order valence-electron chi connectivity index (χ1n) is 1.94. The zero-order chi connectivity index (χ0) is 5.28. The minimum atomic E-state index is 0.928. The molecule has 1 nitrogen and oxygen atoms in total. The molecule has 1 aromatic rings. The molecule has 0 saturated carbocycles. The maximum absolute atomic E-state index is 4.82. The molecule has 1 heterocycles. The molecule has 0 spiro atoms. The quantitative estimate of drug-likeness (QED) is 0.533. The molecule has 38 valence electrons. The molecule has 1 rings (SSSR count). The van der Waals surface area contributed by atoms with Gasteiger partial charge >= 0.3 is 0 Å². The van der Waals surface area contributed by atoms with Crippen LogP contribution in [0.1, 0.15) is 5.69 Å². The molecule has 0 amide bonds. The van der Waals surface area contributed by atoms with Gasteiger partial charge in [0.25, 0.3) is 0 Å². The molecule has 1 N–H and O–H groups in total. The first kappa shape index (κ1) is 5.00. The Kier molecular flexibility index (Phi) is 1.25. The van der Waals surface area contributed by atoms with Crippen molar-refractivity contribution >= 4 is 23.8 Å². The molecule has 0 aromatic carbocycles. The van der Waals surface area contributed by atoms with Gasteiger partial charge < -0.3 is 4.37 Å². The minimum Gasteiger partial charge on any atom is -0.314 e. The van der Waals surface area contributed by atoms with Crippen LogP contribution in [0.5, 0.6) is 0 Å². The first-order valence-corrected chi connectivity index (χ1v) is 3.16. The number of nitrogens with one attached hydrogen (secondary N) is 1. The first-order chi connectivity index (χ1) is 3.29. The lowest BCUT2D eigenvalue weighted by Crippen LogP contribution is -1.58. The van der Waals surface area contributed by atoms with Crippen molar-refractivity contribution in [2.75, 3.05) is 0 Å². The van der Waals surface area contributed by atoms with Crippen LogP contribution in [0.15, 0.2) is 6.07 Å². The molecule has 0 bridgehead atoms. The topological polar surface area (TPSA) is 15.8 Å². The summed E-state index contributed by atoms with van der Waals surface area (Å²) in [7, 11) is 0. The summed E-state index contributed by atoms with van der Waals surface area (Å²) in [6.07, 6.45) is 0. The molecular formula is C4H5NS2. The second kappa shape index (κ2) is 1.76. The number of aryl methyl sites for hydroxylation is 1. The molecular weight excluding hydrogens is 126 g/mol. The van der Waals surface area contributed by atoms with E-state index < -0.39 is 0 Å². The zero-order valence-electron chi connectivity index (χ0n) is 3.89. The summed E-state index contributed by atoms with van der Waals surface area (Å²) in [6, 6.07) is 1.94. The molecule has 0 unspecified atom stereocenters. The molecule has 3 heteroatoms. The summed E-state index contributed by atoms with van der Waals surface area (Å²) >= 11 is 6.31. The molecule has 1 aromatic heterocycles. The second-order valence-electron chi connectivity index (χ2n) is 1.35. The normalized spacial score (nSPS) is 9.29. The van der Waals surface area contributed by atoms with E-state index in [1.54, 1.807) is 0 Å². The lowest BCUT2D eigenvalue weighted by Gasteiger charge is -1.68. The van der Waals surface area contributed by atoms with Crippen molar-refractivity contribution in [3.05, 3.63) is 15.6 Å². The van der Waals surface area contributed by atoms with E-state index in [-0.39, 0.29) is 0 Å². The standard InChI is InChI=1S/C4H5NS2/c1-3-2-4(6)7-5-3/h2,5H,1H3. The fourth-order valence-corrected chi connectivity index (χ4v) is 1.22. The summed E-state index contributed by atoms with van der Waals surface area (Å²) in [5, 5.41) is 0. The van der Waals surface area contributed by atoms with Gasteiger partial charge in [-0.3, -0.25) is 0 Å². The number of rotatable bonds is 0. The maximum atomic E-state index is 4.82.